The summed E-state index contributed by atoms with van der Waals surface area (Å²) >= 11 is 0. The van der Waals surface area contributed by atoms with Crippen LogP contribution in [0.15, 0.2) is 243 Å². The molecule has 0 spiro atoms. The number of rotatable bonds is 14. The van der Waals surface area contributed by atoms with Crippen molar-refractivity contribution in [2.24, 2.45) is 0 Å². The minimum absolute atomic E-state index is 0.595. The zero-order valence-corrected chi connectivity index (χ0v) is 52.1. The van der Waals surface area contributed by atoms with Crippen LogP contribution in [0.3, 0.4) is 0 Å². The zero-order valence-electron chi connectivity index (χ0n) is 52.1. The first kappa shape index (κ1) is 55.6. The first-order valence-corrected chi connectivity index (χ1v) is 30.9. The minimum Gasteiger partial charge on any atom is -0.497 e. The highest BCUT2D eigenvalue weighted by Gasteiger charge is 2.24. The molecule has 0 aliphatic carbocycles. The van der Waals surface area contributed by atoms with Crippen LogP contribution < -0.4 is 28.4 Å². The fraction of sp³-hybridized carbons (Fsp3) is 0.0750. The number of pyridine rings is 2. The summed E-state index contributed by atoms with van der Waals surface area (Å²) in [5.74, 6) is 7.10. The lowest BCUT2D eigenvalue weighted by atomic mass is 10.1. The molecule has 0 N–H and O–H groups in total. The highest BCUT2D eigenvalue weighted by atomic mass is 16.5. The van der Waals surface area contributed by atoms with E-state index >= 15 is 0 Å². The van der Waals surface area contributed by atoms with Crippen LogP contribution in [0, 0.1) is 13.8 Å². The van der Waals surface area contributed by atoms with Gasteiger partial charge in [-0.05, 0) is 183 Å². The molecule has 0 unspecified atom stereocenters. The van der Waals surface area contributed by atoms with Gasteiger partial charge in [0.05, 0.1) is 108 Å². The van der Waals surface area contributed by atoms with Gasteiger partial charge in [-0.3, -0.25) is 19.1 Å². The summed E-state index contributed by atoms with van der Waals surface area (Å²) in [7, 11) is 6.75. The van der Waals surface area contributed by atoms with Crippen LogP contribution in [0.25, 0.3) is 133 Å². The summed E-state index contributed by atoms with van der Waals surface area (Å²) < 4.78 is 46.5. The lowest BCUT2D eigenvalue weighted by Crippen LogP contribution is -2.00. The van der Waals surface area contributed by atoms with Crippen molar-refractivity contribution in [1.29, 1.82) is 0 Å². The average molecular weight is 1230 g/mol. The molecule has 0 saturated carbocycles. The van der Waals surface area contributed by atoms with Crippen molar-refractivity contribution in [3.05, 3.63) is 254 Å². The van der Waals surface area contributed by atoms with Gasteiger partial charge in [-0.2, -0.15) is 0 Å². The Kier molecular flexibility index (Phi) is 13.1. The van der Waals surface area contributed by atoms with E-state index in [1.54, 1.807) is 28.4 Å². The maximum Gasteiger partial charge on any atom is 0.152 e. The molecule has 94 heavy (non-hydrogen) atoms. The third-order valence-electron chi connectivity index (χ3n) is 18.0. The van der Waals surface area contributed by atoms with E-state index in [0.29, 0.717) is 34.4 Å². The second kappa shape index (κ2) is 22.2. The second-order valence-electron chi connectivity index (χ2n) is 23.5. The van der Waals surface area contributed by atoms with Crippen LogP contribution in [0.2, 0.25) is 0 Å². The minimum atomic E-state index is 0.595. The van der Waals surface area contributed by atoms with E-state index in [2.05, 4.69) is 202 Å². The third kappa shape index (κ3) is 9.16. The van der Waals surface area contributed by atoms with Gasteiger partial charge < -0.3 is 37.6 Å². The van der Waals surface area contributed by atoms with E-state index in [0.717, 1.165) is 155 Å². The standard InChI is InChI=1S/C80H58N8O6/c1-47-31-33-81-79(35-47)87-67-13-9-7-11-57(67)59-23-17-55(43-75(59)87)93-77-37-49(15-25-73(77)85-69-27-19-51(89-3)39-61(69)62-40-52(90-4)20-28-70(62)85)65-45-84-66(46-83-65)50-16-26-74(86-71-29-21-53(91-5)41-63(71)64-42-54(92-6)22-30-72(64)86)78(38-50)94-56-18-24-60-58-12-8-10-14-68(58)88(76(60)44-56)80-36-48(2)32-34-82-80/h7-46H,1-6H3. The maximum absolute atomic E-state index is 7.26. The van der Waals surface area contributed by atoms with Gasteiger partial charge in [-0.15, -0.1) is 0 Å². The number of nitrogens with zero attached hydrogens (tertiary/aromatic N) is 8. The molecular formula is C80H58N8O6. The lowest BCUT2D eigenvalue weighted by molar-refractivity contribution is 0.415. The van der Waals surface area contributed by atoms with Gasteiger partial charge in [-0.25, -0.2) is 9.97 Å². The summed E-state index contributed by atoms with van der Waals surface area (Å²) in [6.07, 6.45) is 7.35. The maximum atomic E-state index is 7.26. The molecule has 14 nitrogen and oxygen atoms in total. The lowest BCUT2D eigenvalue weighted by Gasteiger charge is -2.17. The van der Waals surface area contributed by atoms with E-state index in [9.17, 15) is 0 Å². The monoisotopic (exact) mass is 1230 g/mol. The number of hydrogen-bond donors (Lipinski definition) is 0. The molecule has 0 amide bonds. The smallest absolute Gasteiger partial charge is 0.152 e. The van der Waals surface area contributed by atoms with Crippen molar-refractivity contribution in [3.8, 4) is 91.5 Å². The largest absolute Gasteiger partial charge is 0.497 e. The molecule has 10 aromatic carbocycles. The predicted molar refractivity (Wildman–Crippen MR) is 375 cm³/mol. The highest BCUT2D eigenvalue weighted by Crippen LogP contribution is 2.45. The van der Waals surface area contributed by atoms with Crippen LogP contribution in [0.5, 0.6) is 46.0 Å². The van der Waals surface area contributed by atoms with Crippen LogP contribution in [0.1, 0.15) is 11.1 Å². The van der Waals surface area contributed by atoms with Crippen molar-refractivity contribution in [2.75, 3.05) is 28.4 Å². The molecule has 0 aliphatic heterocycles. The Balaban J connectivity index is 0.807. The summed E-state index contributed by atoms with van der Waals surface area (Å²) in [4.78, 5) is 20.1. The van der Waals surface area contributed by atoms with Crippen LogP contribution in [-0.4, -0.2) is 66.6 Å². The van der Waals surface area contributed by atoms with Gasteiger partial charge in [-0.1, -0.05) is 48.5 Å². The first-order chi connectivity index (χ1) is 46.2. The molecule has 454 valence electrons. The molecule has 0 aliphatic rings. The number of aromatic nitrogens is 8. The molecular weight excluding hydrogens is 1170 g/mol. The highest BCUT2D eigenvalue weighted by molar-refractivity contribution is 6.13. The third-order valence-corrected chi connectivity index (χ3v) is 18.0. The summed E-state index contributed by atoms with van der Waals surface area (Å²) in [5.41, 5.74) is 14.6. The molecule has 0 saturated heterocycles. The van der Waals surface area contributed by atoms with Crippen molar-refractivity contribution in [1.82, 2.24) is 38.2 Å². The van der Waals surface area contributed by atoms with Gasteiger partial charge in [0, 0.05) is 78.7 Å². The quantitative estimate of drug-likeness (QED) is 0.104. The molecule has 7 aromatic heterocycles. The number of aryl methyl sites for hydroxylation is 2. The van der Waals surface area contributed by atoms with Crippen molar-refractivity contribution >= 4 is 87.2 Å². The van der Waals surface area contributed by atoms with Crippen LogP contribution in [0.4, 0.5) is 0 Å². The first-order valence-electron chi connectivity index (χ1n) is 30.9. The predicted octanol–water partition coefficient (Wildman–Crippen LogP) is 19.2. The second-order valence-corrected chi connectivity index (χ2v) is 23.5. The Hall–Kier alpha value is -12.4. The Labute approximate surface area is 539 Å². The van der Waals surface area contributed by atoms with Crippen LogP contribution >= 0.6 is 0 Å². The zero-order chi connectivity index (χ0) is 63.3. The molecule has 0 fully saturated rings. The van der Waals surface area contributed by atoms with Crippen LogP contribution in [-0.2, 0) is 0 Å². The summed E-state index contributed by atoms with van der Waals surface area (Å²) in [5, 5.41) is 8.40. The van der Waals surface area contributed by atoms with Crippen molar-refractivity contribution in [2.45, 2.75) is 13.8 Å². The van der Waals surface area contributed by atoms with Gasteiger partial charge in [0.15, 0.2) is 11.5 Å². The van der Waals surface area contributed by atoms with E-state index < -0.39 is 0 Å². The summed E-state index contributed by atoms with van der Waals surface area (Å²) in [6.45, 7) is 4.17. The Morgan fingerprint density at radius 2 is 0.628 bits per heavy atom. The average Bonchev–Trinajstić information content (AvgIpc) is 1.60. The van der Waals surface area contributed by atoms with Gasteiger partial charge in [0.25, 0.3) is 0 Å². The van der Waals surface area contributed by atoms with E-state index in [4.69, 9.17) is 48.4 Å². The SMILES string of the molecule is COc1ccc2c(c1)c1cc(OC)ccc1n2-c1ccc(-c2cnc(-c3ccc(-n4c5ccc(OC)cc5c5cc(OC)ccc54)c(Oc4ccc5c6ccccc6n(-c6cc(C)ccn6)c5c4)c3)cn2)cc1Oc1ccc2c3ccccc3n(-c3cc(C)ccn3)c2c1. The van der Waals surface area contributed by atoms with E-state index in [1.807, 2.05) is 73.3 Å². The molecule has 17 rings (SSSR count). The van der Waals surface area contributed by atoms with Crippen molar-refractivity contribution in [3.63, 3.8) is 0 Å². The van der Waals surface area contributed by atoms with E-state index in [-0.39, 0.29) is 0 Å². The molecule has 0 atom stereocenters. The summed E-state index contributed by atoms with van der Waals surface area (Å²) in [6, 6.07) is 74.7. The Bertz CT molecular complexity index is 5440. The normalized spacial score (nSPS) is 11.7. The van der Waals surface area contributed by atoms with Gasteiger partial charge in [0.2, 0.25) is 0 Å². The Morgan fingerprint density at radius 3 is 0.989 bits per heavy atom. The topological polar surface area (TPSA) is 127 Å². The number of hydrogen-bond acceptors (Lipinski definition) is 10. The van der Waals surface area contributed by atoms with E-state index in [1.165, 1.54) is 0 Å². The number of fused-ring (bicyclic) bond motifs is 12. The molecule has 14 heteroatoms. The number of ether oxygens (including phenoxy) is 6. The molecule has 7 heterocycles. The number of para-hydroxylation sites is 2. The number of methoxy groups -OCH3 is 4. The Morgan fingerprint density at radius 1 is 0.277 bits per heavy atom. The van der Waals surface area contributed by atoms with Gasteiger partial charge in [0.1, 0.15) is 46.1 Å². The fourth-order valence-corrected chi connectivity index (χ4v) is 13.6. The van der Waals surface area contributed by atoms with Crippen molar-refractivity contribution < 1.29 is 28.4 Å². The van der Waals surface area contributed by atoms with Gasteiger partial charge >= 0.3 is 0 Å². The molecule has 0 bridgehead atoms. The number of benzene rings is 10. The molecule has 17 aromatic rings. The fourth-order valence-electron chi connectivity index (χ4n) is 13.6. The molecule has 0 radical (unpaired) electrons.